The second-order valence-electron chi connectivity index (χ2n) is 2.96. The summed E-state index contributed by atoms with van der Waals surface area (Å²) in [5.74, 6) is 0. The molecule has 0 atom stereocenters. The Morgan fingerprint density at radius 3 is 2.13 bits per heavy atom. The first-order chi connectivity index (χ1) is 7.43. The summed E-state index contributed by atoms with van der Waals surface area (Å²) in [7, 11) is 0. The summed E-state index contributed by atoms with van der Waals surface area (Å²) in [6, 6.07) is 23.5. The molecule has 0 aliphatic rings. The molecule has 0 amide bonds. The van der Waals surface area contributed by atoms with Gasteiger partial charge in [0.15, 0.2) is 0 Å². The van der Waals surface area contributed by atoms with E-state index in [0.29, 0.717) is 0 Å². The summed E-state index contributed by atoms with van der Waals surface area (Å²) in [5.41, 5.74) is 1.20. The first kappa shape index (κ1) is 11.3. The number of hydrogen-bond donors (Lipinski definition) is 0. The summed E-state index contributed by atoms with van der Waals surface area (Å²) >= 11 is 0. The number of rotatable bonds is 2. The van der Waals surface area contributed by atoms with Gasteiger partial charge in [-0.15, -0.1) is 6.58 Å². The van der Waals surface area contributed by atoms with Crippen LogP contribution < -0.4 is 0 Å². The maximum Gasteiger partial charge on any atom is -0.00940 e. The number of allylic oxidation sites excluding steroid dienone is 1. The molecule has 0 saturated carbocycles. The van der Waals surface area contributed by atoms with Crippen LogP contribution in [0.3, 0.4) is 0 Å². The summed E-state index contributed by atoms with van der Waals surface area (Å²) in [4.78, 5) is 0. The molecule has 0 spiro atoms. The molecule has 0 nitrogen and oxygen atoms in total. The summed E-state index contributed by atoms with van der Waals surface area (Å²) in [6.07, 6.45) is 2.80. The Balaban J connectivity index is 0.000000162. The Morgan fingerprint density at radius 2 is 1.73 bits per heavy atom. The number of hydrogen-bond acceptors (Lipinski definition) is 0. The normalized spacial score (nSPS) is 8.53. The highest BCUT2D eigenvalue weighted by Crippen LogP contribution is 1.97. The van der Waals surface area contributed by atoms with E-state index in [9.17, 15) is 0 Å². The van der Waals surface area contributed by atoms with E-state index < -0.39 is 0 Å². The van der Waals surface area contributed by atoms with Crippen LogP contribution in [0.2, 0.25) is 0 Å². The van der Waals surface area contributed by atoms with Crippen LogP contribution in [0.4, 0.5) is 0 Å². The molecule has 0 heteroatoms. The van der Waals surface area contributed by atoms with Crippen LogP contribution in [0, 0.1) is 12.1 Å². The molecule has 2 rings (SSSR count). The van der Waals surface area contributed by atoms with Crippen molar-refractivity contribution >= 4 is 0 Å². The van der Waals surface area contributed by atoms with Gasteiger partial charge in [-0.1, -0.05) is 60.7 Å². The van der Waals surface area contributed by atoms with E-state index in [1.54, 1.807) is 0 Å². The van der Waals surface area contributed by atoms with Gasteiger partial charge in [-0.3, -0.25) is 0 Å². The van der Waals surface area contributed by atoms with E-state index >= 15 is 0 Å². The third kappa shape index (κ3) is 5.48. The van der Waals surface area contributed by atoms with E-state index in [4.69, 9.17) is 0 Å². The fourth-order valence-electron chi connectivity index (χ4n) is 1.05. The largest absolute Gasteiger partial charge is 0.103 e. The van der Waals surface area contributed by atoms with Crippen molar-refractivity contribution in [1.82, 2.24) is 0 Å². The minimum absolute atomic E-state index is 0.918. The summed E-state index contributed by atoms with van der Waals surface area (Å²) < 4.78 is 0. The molecule has 0 saturated heterocycles. The fraction of sp³-hybridized carbons (Fsp3) is 0.0667. The topological polar surface area (TPSA) is 0 Å². The molecule has 0 bridgehead atoms. The second kappa shape index (κ2) is 7.57. The van der Waals surface area contributed by atoms with E-state index in [2.05, 4.69) is 18.7 Å². The Kier molecular flexibility index (Phi) is 5.68. The first-order valence-corrected chi connectivity index (χ1v) is 4.91. The van der Waals surface area contributed by atoms with Crippen molar-refractivity contribution in [1.29, 1.82) is 0 Å². The van der Waals surface area contributed by atoms with E-state index in [1.807, 2.05) is 60.7 Å². The van der Waals surface area contributed by atoms with Crippen molar-refractivity contribution in [3.8, 4) is 0 Å². The SMILES string of the molecule is C=CCc1[c]cccc1.[c]1ccccc1. The van der Waals surface area contributed by atoms with Crippen molar-refractivity contribution < 1.29 is 0 Å². The quantitative estimate of drug-likeness (QED) is 0.639. The number of benzene rings is 2. The van der Waals surface area contributed by atoms with Gasteiger partial charge < -0.3 is 0 Å². The molecule has 0 aromatic heterocycles. The zero-order valence-electron chi connectivity index (χ0n) is 8.69. The summed E-state index contributed by atoms with van der Waals surface area (Å²) in [6.45, 7) is 3.64. The molecule has 0 aliphatic carbocycles. The molecule has 74 valence electrons. The molecule has 0 N–H and O–H groups in total. The maximum absolute atomic E-state index is 3.64. The van der Waals surface area contributed by atoms with Crippen molar-refractivity contribution in [2.45, 2.75) is 6.42 Å². The predicted molar refractivity (Wildman–Crippen MR) is 64.5 cm³/mol. The third-order valence-electron chi connectivity index (χ3n) is 1.74. The predicted octanol–water partition coefficient (Wildman–Crippen LogP) is 3.70. The molecule has 2 aromatic carbocycles. The maximum atomic E-state index is 3.64. The lowest BCUT2D eigenvalue weighted by molar-refractivity contribution is 1.27. The van der Waals surface area contributed by atoms with Gasteiger partial charge in [0.25, 0.3) is 0 Å². The molecule has 0 heterocycles. The average molecular weight is 194 g/mol. The minimum Gasteiger partial charge on any atom is -0.103 e. The zero-order chi connectivity index (χ0) is 10.8. The highest BCUT2D eigenvalue weighted by atomic mass is 13.9. The first-order valence-electron chi connectivity index (χ1n) is 4.91. The van der Waals surface area contributed by atoms with Gasteiger partial charge in [0.2, 0.25) is 0 Å². The van der Waals surface area contributed by atoms with Crippen molar-refractivity contribution in [3.63, 3.8) is 0 Å². The van der Waals surface area contributed by atoms with Gasteiger partial charge in [-0.25, -0.2) is 0 Å². The molecule has 0 fully saturated rings. The molecule has 2 radical (unpaired) electrons. The Labute approximate surface area is 91.9 Å². The Bertz CT molecular complexity index is 322. The molecular weight excluding hydrogens is 180 g/mol. The third-order valence-corrected chi connectivity index (χ3v) is 1.74. The lowest BCUT2D eigenvalue weighted by atomic mass is 10.2. The van der Waals surface area contributed by atoms with E-state index in [1.165, 1.54) is 5.56 Å². The van der Waals surface area contributed by atoms with Crippen LogP contribution in [0.25, 0.3) is 0 Å². The van der Waals surface area contributed by atoms with Gasteiger partial charge in [0.1, 0.15) is 0 Å². The van der Waals surface area contributed by atoms with Gasteiger partial charge >= 0.3 is 0 Å². The zero-order valence-corrected chi connectivity index (χ0v) is 8.69. The van der Waals surface area contributed by atoms with Crippen molar-refractivity contribution in [2.75, 3.05) is 0 Å². The van der Waals surface area contributed by atoms with Crippen LogP contribution in [-0.2, 0) is 6.42 Å². The molecule has 15 heavy (non-hydrogen) atoms. The molecule has 0 aliphatic heterocycles. The monoisotopic (exact) mass is 194 g/mol. The Hall–Kier alpha value is -1.82. The van der Waals surface area contributed by atoms with Crippen molar-refractivity contribution in [2.24, 2.45) is 0 Å². The average Bonchev–Trinajstić information content (AvgIpc) is 2.34. The van der Waals surface area contributed by atoms with Gasteiger partial charge in [0.05, 0.1) is 0 Å². The van der Waals surface area contributed by atoms with Crippen LogP contribution in [-0.4, -0.2) is 0 Å². The van der Waals surface area contributed by atoms with Gasteiger partial charge in [0, 0.05) is 0 Å². The standard InChI is InChI=1S/C9H9.C6H5/c1-2-6-9-7-4-3-5-8-9;1-2-4-6-5-3-1/h2-5,7H,1,6H2;1-5H. The smallest absolute Gasteiger partial charge is 0.00940 e. The lowest BCUT2D eigenvalue weighted by Gasteiger charge is -1.90. The summed E-state index contributed by atoms with van der Waals surface area (Å²) in [5, 5.41) is 0. The highest BCUT2D eigenvalue weighted by Gasteiger charge is 1.82. The van der Waals surface area contributed by atoms with E-state index in [0.717, 1.165) is 6.42 Å². The van der Waals surface area contributed by atoms with E-state index in [-0.39, 0.29) is 0 Å². The van der Waals surface area contributed by atoms with Crippen LogP contribution >= 0.6 is 0 Å². The molecule has 0 unspecified atom stereocenters. The Morgan fingerprint density at radius 1 is 1.00 bits per heavy atom. The van der Waals surface area contributed by atoms with Gasteiger partial charge in [-0.2, -0.15) is 0 Å². The van der Waals surface area contributed by atoms with Crippen LogP contribution in [0.15, 0.2) is 67.3 Å². The molecule has 2 aromatic rings. The van der Waals surface area contributed by atoms with Crippen LogP contribution in [0.5, 0.6) is 0 Å². The minimum atomic E-state index is 0.918. The second-order valence-corrected chi connectivity index (χ2v) is 2.96. The van der Waals surface area contributed by atoms with Gasteiger partial charge in [-0.05, 0) is 24.1 Å². The molecular formula is C15H14. The fourth-order valence-corrected chi connectivity index (χ4v) is 1.05. The van der Waals surface area contributed by atoms with Crippen molar-refractivity contribution in [3.05, 3.63) is 84.9 Å². The van der Waals surface area contributed by atoms with Crippen LogP contribution in [0.1, 0.15) is 5.56 Å². The lowest BCUT2D eigenvalue weighted by Crippen LogP contribution is -1.76. The highest BCUT2D eigenvalue weighted by molar-refractivity contribution is 5.15.